The van der Waals surface area contributed by atoms with Crippen molar-refractivity contribution >= 4 is 0 Å². The normalized spacial score (nSPS) is 24.1. The maximum atomic E-state index is 5.62. The molecule has 118 valence electrons. The highest BCUT2D eigenvalue weighted by molar-refractivity contribution is 4.86. The topological polar surface area (TPSA) is 9.23 Å². The first-order valence-electron chi connectivity index (χ1n) is 9.35. The van der Waals surface area contributed by atoms with Crippen LogP contribution in [0.4, 0.5) is 0 Å². The van der Waals surface area contributed by atoms with Crippen LogP contribution in [0.15, 0.2) is 0 Å². The first kappa shape index (κ1) is 16.3. The molecule has 2 fully saturated rings. The van der Waals surface area contributed by atoms with Gasteiger partial charge in [-0.15, -0.1) is 0 Å². The molecular formula is C19H36O. The Morgan fingerprint density at radius 2 is 1.35 bits per heavy atom. The average molecular weight is 280 g/mol. The molecule has 1 unspecified atom stereocenters. The van der Waals surface area contributed by atoms with Crippen LogP contribution in [-0.2, 0) is 4.74 Å². The summed E-state index contributed by atoms with van der Waals surface area (Å²) >= 11 is 0. The molecule has 0 saturated heterocycles. The molecule has 20 heavy (non-hydrogen) atoms. The molecule has 0 aromatic rings. The zero-order valence-corrected chi connectivity index (χ0v) is 13.9. The van der Waals surface area contributed by atoms with Crippen LogP contribution in [0.5, 0.6) is 0 Å². The lowest BCUT2D eigenvalue weighted by Crippen LogP contribution is -2.35. The zero-order chi connectivity index (χ0) is 14.2. The Balaban J connectivity index is 2.07. The third-order valence-corrected chi connectivity index (χ3v) is 5.97. The van der Waals surface area contributed by atoms with E-state index in [1.54, 1.807) is 0 Å². The lowest BCUT2D eigenvalue weighted by molar-refractivity contribution is 0.0322. The minimum absolute atomic E-state index is 0.830. The van der Waals surface area contributed by atoms with E-state index < -0.39 is 0 Å². The van der Waals surface area contributed by atoms with E-state index in [4.69, 9.17) is 4.74 Å². The maximum absolute atomic E-state index is 5.62. The van der Waals surface area contributed by atoms with Crippen LogP contribution in [0.3, 0.4) is 0 Å². The lowest BCUT2D eigenvalue weighted by Gasteiger charge is -2.42. The Kier molecular flexibility index (Phi) is 7.41. The minimum Gasteiger partial charge on any atom is -0.384 e. The summed E-state index contributed by atoms with van der Waals surface area (Å²) in [4.78, 5) is 0. The van der Waals surface area contributed by atoms with Gasteiger partial charge < -0.3 is 4.74 Å². The van der Waals surface area contributed by atoms with Crippen LogP contribution >= 0.6 is 0 Å². The van der Waals surface area contributed by atoms with Crippen molar-refractivity contribution in [1.82, 2.24) is 0 Å². The van der Waals surface area contributed by atoms with Gasteiger partial charge in [-0.1, -0.05) is 77.6 Å². The number of ether oxygens (including phenoxy) is 1. The number of hydrogen-bond acceptors (Lipinski definition) is 1. The van der Waals surface area contributed by atoms with Crippen LogP contribution in [-0.4, -0.2) is 13.7 Å². The average Bonchev–Trinajstić information content (AvgIpc) is 2.50. The second-order valence-electron chi connectivity index (χ2n) is 7.38. The van der Waals surface area contributed by atoms with Crippen molar-refractivity contribution in [3.63, 3.8) is 0 Å². The third kappa shape index (κ3) is 4.48. The highest BCUT2D eigenvalue weighted by atomic mass is 16.5. The van der Waals surface area contributed by atoms with Gasteiger partial charge in [-0.3, -0.25) is 0 Å². The van der Waals surface area contributed by atoms with Gasteiger partial charge in [0.25, 0.3) is 0 Å². The Bertz CT molecular complexity index is 214. The van der Waals surface area contributed by atoms with E-state index in [1.807, 2.05) is 7.11 Å². The van der Waals surface area contributed by atoms with Gasteiger partial charge in [0, 0.05) is 13.7 Å². The van der Waals surface area contributed by atoms with Gasteiger partial charge in [-0.25, -0.2) is 0 Å². The minimum atomic E-state index is 0.830. The summed E-state index contributed by atoms with van der Waals surface area (Å²) in [5, 5.41) is 0. The summed E-state index contributed by atoms with van der Waals surface area (Å²) in [5.74, 6) is 3.82. The molecule has 0 bridgehead atoms. The van der Waals surface area contributed by atoms with Gasteiger partial charge in [-0.05, 0) is 30.1 Å². The maximum Gasteiger partial charge on any atom is 0.0493 e. The fourth-order valence-corrected chi connectivity index (χ4v) is 5.16. The molecule has 1 heteroatoms. The molecule has 1 atom stereocenters. The standard InChI is InChI=1S/C19H36O/c1-3-10-18(15-20-2)19(16-11-6-4-7-12-16)17-13-8-5-9-14-17/h16-19H,3-15H2,1-2H3. The van der Waals surface area contributed by atoms with E-state index >= 15 is 0 Å². The summed E-state index contributed by atoms with van der Waals surface area (Å²) in [6, 6.07) is 0. The summed E-state index contributed by atoms with van der Waals surface area (Å²) < 4.78 is 5.62. The molecule has 0 aliphatic heterocycles. The van der Waals surface area contributed by atoms with Crippen molar-refractivity contribution in [1.29, 1.82) is 0 Å². The molecule has 0 aromatic heterocycles. The fourth-order valence-electron chi connectivity index (χ4n) is 5.16. The van der Waals surface area contributed by atoms with Gasteiger partial charge in [0.05, 0.1) is 0 Å². The Morgan fingerprint density at radius 1 is 0.850 bits per heavy atom. The molecule has 0 N–H and O–H groups in total. The highest BCUT2D eigenvalue weighted by Crippen LogP contribution is 2.44. The van der Waals surface area contributed by atoms with E-state index in [1.165, 1.54) is 77.0 Å². The predicted molar refractivity (Wildman–Crippen MR) is 86.9 cm³/mol. The molecule has 0 heterocycles. The van der Waals surface area contributed by atoms with Crippen molar-refractivity contribution in [3.8, 4) is 0 Å². The van der Waals surface area contributed by atoms with Crippen molar-refractivity contribution in [2.75, 3.05) is 13.7 Å². The molecule has 2 aliphatic carbocycles. The summed E-state index contributed by atoms with van der Waals surface area (Å²) in [6.07, 6.45) is 17.6. The van der Waals surface area contributed by atoms with E-state index in [0.29, 0.717) is 0 Å². The van der Waals surface area contributed by atoms with Crippen molar-refractivity contribution < 1.29 is 4.74 Å². The van der Waals surface area contributed by atoms with Crippen molar-refractivity contribution in [3.05, 3.63) is 0 Å². The van der Waals surface area contributed by atoms with Gasteiger partial charge in [-0.2, -0.15) is 0 Å². The van der Waals surface area contributed by atoms with E-state index in [0.717, 1.165) is 30.3 Å². The van der Waals surface area contributed by atoms with Crippen molar-refractivity contribution in [2.45, 2.75) is 84.0 Å². The Hall–Kier alpha value is -0.0400. The molecule has 0 spiro atoms. The first-order valence-corrected chi connectivity index (χ1v) is 9.35. The molecule has 0 amide bonds. The van der Waals surface area contributed by atoms with Crippen LogP contribution in [0.1, 0.15) is 84.0 Å². The first-order chi connectivity index (χ1) is 9.86. The molecular weight excluding hydrogens is 244 g/mol. The smallest absolute Gasteiger partial charge is 0.0493 e. The quantitative estimate of drug-likeness (QED) is 0.570. The molecule has 0 radical (unpaired) electrons. The summed E-state index contributed by atoms with van der Waals surface area (Å²) in [7, 11) is 1.90. The third-order valence-electron chi connectivity index (χ3n) is 5.97. The van der Waals surface area contributed by atoms with Crippen LogP contribution in [0.25, 0.3) is 0 Å². The highest BCUT2D eigenvalue weighted by Gasteiger charge is 2.36. The molecule has 1 nitrogen and oxygen atoms in total. The number of methoxy groups -OCH3 is 1. The zero-order valence-electron chi connectivity index (χ0n) is 13.9. The Morgan fingerprint density at radius 3 is 1.75 bits per heavy atom. The largest absolute Gasteiger partial charge is 0.384 e. The van der Waals surface area contributed by atoms with Gasteiger partial charge >= 0.3 is 0 Å². The fraction of sp³-hybridized carbons (Fsp3) is 1.00. The lowest BCUT2D eigenvalue weighted by atomic mass is 9.64. The van der Waals surface area contributed by atoms with E-state index in [-0.39, 0.29) is 0 Å². The Labute approximate surface area is 126 Å². The molecule has 2 rings (SSSR count). The SMILES string of the molecule is CCCC(COC)C(C1CCCCC1)C1CCCCC1. The second kappa shape index (κ2) is 9.07. The molecule has 0 aromatic carbocycles. The predicted octanol–water partition coefficient (Wildman–Crippen LogP) is 5.83. The molecule has 2 saturated carbocycles. The van der Waals surface area contributed by atoms with E-state index in [9.17, 15) is 0 Å². The summed E-state index contributed by atoms with van der Waals surface area (Å²) in [6.45, 7) is 3.35. The van der Waals surface area contributed by atoms with Crippen molar-refractivity contribution in [2.24, 2.45) is 23.7 Å². The van der Waals surface area contributed by atoms with Crippen LogP contribution < -0.4 is 0 Å². The number of hydrogen-bond donors (Lipinski definition) is 0. The van der Waals surface area contributed by atoms with Crippen LogP contribution in [0, 0.1) is 23.7 Å². The van der Waals surface area contributed by atoms with Gasteiger partial charge in [0.2, 0.25) is 0 Å². The number of rotatable bonds is 7. The van der Waals surface area contributed by atoms with Crippen LogP contribution in [0.2, 0.25) is 0 Å². The van der Waals surface area contributed by atoms with Gasteiger partial charge in [0.1, 0.15) is 0 Å². The summed E-state index contributed by atoms with van der Waals surface area (Å²) in [5.41, 5.74) is 0. The molecule has 2 aliphatic rings. The van der Waals surface area contributed by atoms with Gasteiger partial charge in [0.15, 0.2) is 0 Å². The monoisotopic (exact) mass is 280 g/mol. The van der Waals surface area contributed by atoms with E-state index in [2.05, 4.69) is 6.92 Å². The second-order valence-corrected chi connectivity index (χ2v) is 7.38.